The van der Waals surface area contributed by atoms with Crippen LogP contribution >= 0.6 is 11.8 Å². The Bertz CT molecular complexity index is 496. The van der Waals surface area contributed by atoms with Gasteiger partial charge in [-0.1, -0.05) is 11.8 Å². The predicted molar refractivity (Wildman–Crippen MR) is 68.8 cm³/mol. The Balaban J connectivity index is 1.92. The second kappa shape index (κ2) is 5.86. The molecule has 0 radical (unpaired) electrons. The Morgan fingerprint density at radius 3 is 2.56 bits per heavy atom. The van der Waals surface area contributed by atoms with Crippen molar-refractivity contribution in [1.82, 2.24) is 9.78 Å². The summed E-state index contributed by atoms with van der Waals surface area (Å²) in [4.78, 5) is 0.566. The molecule has 0 bridgehead atoms. The number of halogens is 2. The van der Waals surface area contributed by atoms with Crippen LogP contribution in [0.3, 0.4) is 0 Å². The molecule has 0 aliphatic rings. The number of thioether (sulfide) groups is 1. The summed E-state index contributed by atoms with van der Waals surface area (Å²) in [7, 11) is 1.87. The van der Waals surface area contributed by atoms with E-state index >= 15 is 0 Å². The first-order valence-electron chi connectivity index (χ1n) is 5.41. The molecule has 2 aromatic rings. The van der Waals surface area contributed by atoms with Gasteiger partial charge in [0.2, 0.25) is 0 Å². The highest BCUT2D eigenvalue weighted by Crippen LogP contribution is 2.26. The molecule has 0 amide bonds. The topological polar surface area (TPSA) is 29.9 Å². The van der Waals surface area contributed by atoms with Crippen LogP contribution in [0.25, 0.3) is 0 Å². The van der Waals surface area contributed by atoms with Gasteiger partial charge >= 0.3 is 0 Å². The molecule has 6 heteroatoms. The van der Waals surface area contributed by atoms with Gasteiger partial charge in [0.15, 0.2) is 0 Å². The van der Waals surface area contributed by atoms with Crippen LogP contribution in [0.15, 0.2) is 41.4 Å². The number of anilines is 1. The van der Waals surface area contributed by atoms with Crippen LogP contribution in [0.5, 0.6) is 0 Å². The van der Waals surface area contributed by atoms with E-state index in [4.69, 9.17) is 0 Å². The highest BCUT2D eigenvalue weighted by atomic mass is 32.2. The summed E-state index contributed by atoms with van der Waals surface area (Å²) in [5.41, 5.74) is 1.95. The van der Waals surface area contributed by atoms with E-state index in [1.54, 1.807) is 35.1 Å². The number of benzene rings is 1. The maximum Gasteiger partial charge on any atom is 0.288 e. The van der Waals surface area contributed by atoms with Gasteiger partial charge in [-0.05, 0) is 30.3 Å². The number of hydrogen-bond donors (Lipinski definition) is 1. The largest absolute Gasteiger partial charge is 0.379 e. The van der Waals surface area contributed by atoms with Gasteiger partial charge in [-0.3, -0.25) is 4.68 Å². The van der Waals surface area contributed by atoms with Crippen molar-refractivity contribution in [3.05, 3.63) is 42.2 Å². The maximum absolute atomic E-state index is 12.1. The van der Waals surface area contributed by atoms with E-state index in [0.717, 1.165) is 11.4 Å². The molecule has 18 heavy (non-hydrogen) atoms. The minimum atomic E-state index is -2.38. The van der Waals surface area contributed by atoms with Crippen molar-refractivity contribution in [3.63, 3.8) is 0 Å². The van der Waals surface area contributed by atoms with Gasteiger partial charge in [-0.15, -0.1) is 0 Å². The van der Waals surface area contributed by atoms with Gasteiger partial charge < -0.3 is 5.32 Å². The fourth-order valence-corrected chi connectivity index (χ4v) is 2.02. The number of aromatic nitrogens is 2. The molecular weight excluding hydrogens is 256 g/mol. The normalized spacial score (nSPS) is 10.9. The molecule has 0 aliphatic carbocycles. The number of nitrogens with one attached hydrogen (secondary N) is 1. The molecule has 1 aromatic carbocycles. The molecule has 0 aliphatic heterocycles. The number of alkyl halides is 2. The zero-order valence-corrected chi connectivity index (χ0v) is 10.6. The average Bonchev–Trinajstić information content (AvgIpc) is 2.73. The lowest BCUT2D eigenvalue weighted by molar-refractivity contribution is 0.252. The molecule has 0 saturated carbocycles. The zero-order chi connectivity index (χ0) is 13.0. The maximum atomic E-state index is 12.1. The van der Waals surface area contributed by atoms with Crippen LogP contribution in [0.2, 0.25) is 0 Å². The second-order valence-corrected chi connectivity index (χ2v) is 4.77. The van der Waals surface area contributed by atoms with Crippen LogP contribution in [0, 0.1) is 0 Å². The fraction of sp³-hybridized carbons (Fsp3) is 0.250. The van der Waals surface area contributed by atoms with Crippen molar-refractivity contribution in [2.75, 3.05) is 5.32 Å². The van der Waals surface area contributed by atoms with E-state index in [1.807, 2.05) is 13.1 Å². The second-order valence-electron chi connectivity index (χ2n) is 3.70. The van der Waals surface area contributed by atoms with Gasteiger partial charge in [-0.2, -0.15) is 13.9 Å². The van der Waals surface area contributed by atoms with Crippen LogP contribution in [0.1, 0.15) is 5.69 Å². The Labute approximate surface area is 108 Å². The van der Waals surface area contributed by atoms with Crippen molar-refractivity contribution >= 4 is 17.4 Å². The standard InChI is InChI=1S/C12H13F2N3S/c1-17-10(6-7-16-17)8-15-9-2-4-11(5-3-9)18-12(13)14/h2-7,12,15H,8H2,1H3. The first-order chi connectivity index (χ1) is 8.65. The van der Waals surface area contributed by atoms with Crippen LogP contribution in [-0.2, 0) is 13.6 Å². The molecule has 0 saturated heterocycles. The molecule has 96 valence electrons. The summed E-state index contributed by atoms with van der Waals surface area (Å²) >= 11 is 0.550. The predicted octanol–water partition coefficient (Wildman–Crippen LogP) is 3.35. The number of rotatable bonds is 5. The molecule has 0 fully saturated rings. The first kappa shape index (κ1) is 12.9. The van der Waals surface area contributed by atoms with Crippen molar-refractivity contribution in [3.8, 4) is 0 Å². The van der Waals surface area contributed by atoms with Gasteiger partial charge in [0.1, 0.15) is 0 Å². The van der Waals surface area contributed by atoms with E-state index in [-0.39, 0.29) is 0 Å². The first-order valence-corrected chi connectivity index (χ1v) is 6.29. The van der Waals surface area contributed by atoms with E-state index in [0.29, 0.717) is 23.2 Å². The Morgan fingerprint density at radius 2 is 2.00 bits per heavy atom. The molecule has 1 aromatic heterocycles. The third kappa shape index (κ3) is 3.46. The van der Waals surface area contributed by atoms with Crippen molar-refractivity contribution in [1.29, 1.82) is 0 Å². The highest BCUT2D eigenvalue weighted by Gasteiger charge is 2.04. The summed E-state index contributed by atoms with van der Waals surface area (Å²) < 4.78 is 26.1. The smallest absolute Gasteiger partial charge is 0.288 e. The molecule has 1 N–H and O–H groups in total. The van der Waals surface area contributed by atoms with E-state index in [9.17, 15) is 8.78 Å². The lowest BCUT2D eigenvalue weighted by atomic mass is 10.3. The van der Waals surface area contributed by atoms with E-state index < -0.39 is 5.76 Å². The number of hydrogen-bond acceptors (Lipinski definition) is 3. The summed E-state index contributed by atoms with van der Waals surface area (Å²) in [5.74, 6) is -2.38. The Hall–Kier alpha value is -1.56. The SMILES string of the molecule is Cn1nccc1CNc1ccc(SC(F)F)cc1. The molecular formula is C12H13F2N3S. The van der Waals surface area contributed by atoms with Crippen molar-refractivity contribution in [2.24, 2.45) is 7.05 Å². The van der Waals surface area contributed by atoms with Gasteiger partial charge in [-0.25, -0.2) is 0 Å². The van der Waals surface area contributed by atoms with Crippen LogP contribution < -0.4 is 5.32 Å². The molecule has 0 unspecified atom stereocenters. The summed E-state index contributed by atoms with van der Waals surface area (Å²) in [6.45, 7) is 0.651. The summed E-state index contributed by atoms with van der Waals surface area (Å²) in [6.07, 6.45) is 1.74. The number of nitrogens with zero attached hydrogens (tertiary/aromatic N) is 2. The fourth-order valence-electron chi connectivity index (χ4n) is 1.52. The molecule has 0 atom stereocenters. The quantitative estimate of drug-likeness (QED) is 0.844. The lowest BCUT2D eigenvalue weighted by Crippen LogP contribution is -2.05. The molecule has 1 heterocycles. The van der Waals surface area contributed by atoms with Gasteiger partial charge in [0, 0.05) is 23.8 Å². The average molecular weight is 269 g/mol. The van der Waals surface area contributed by atoms with E-state index in [2.05, 4.69) is 10.4 Å². The highest BCUT2D eigenvalue weighted by molar-refractivity contribution is 7.99. The lowest BCUT2D eigenvalue weighted by Gasteiger charge is -2.07. The third-order valence-electron chi connectivity index (χ3n) is 2.48. The van der Waals surface area contributed by atoms with E-state index in [1.165, 1.54) is 0 Å². The minimum Gasteiger partial charge on any atom is -0.379 e. The van der Waals surface area contributed by atoms with Crippen molar-refractivity contribution in [2.45, 2.75) is 17.2 Å². The Morgan fingerprint density at radius 1 is 1.28 bits per heavy atom. The van der Waals surface area contributed by atoms with Gasteiger partial charge in [0.25, 0.3) is 5.76 Å². The molecule has 2 rings (SSSR count). The van der Waals surface area contributed by atoms with Gasteiger partial charge in [0.05, 0.1) is 12.2 Å². The monoisotopic (exact) mass is 269 g/mol. The van der Waals surface area contributed by atoms with Crippen molar-refractivity contribution < 1.29 is 8.78 Å². The number of aryl methyl sites for hydroxylation is 1. The molecule has 3 nitrogen and oxygen atoms in total. The third-order valence-corrected chi connectivity index (χ3v) is 3.20. The summed E-state index contributed by atoms with van der Waals surface area (Å²) in [5, 5.41) is 7.28. The summed E-state index contributed by atoms with van der Waals surface area (Å²) in [6, 6.07) is 8.88. The zero-order valence-electron chi connectivity index (χ0n) is 9.81. The minimum absolute atomic E-state index is 0.550. The molecule has 0 spiro atoms. The van der Waals surface area contributed by atoms with Crippen LogP contribution in [-0.4, -0.2) is 15.5 Å². The van der Waals surface area contributed by atoms with Crippen LogP contribution in [0.4, 0.5) is 14.5 Å². The Kier molecular flexibility index (Phi) is 4.19.